The Balaban J connectivity index is 1.94. The number of rotatable bonds is 2. The Morgan fingerprint density at radius 3 is 3.23 bits per heavy atom. The largest absolute Gasteiger partial charge is 0.496 e. The highest BCUT2D eigenvalue weighted by molar-refractivity contribution is 5.09. The monoisotopic (exact) mass is 180 g/mol. The first-order chi connectivity index (χ1) is 6.34. The van der Waals surface area contributed by atoms with Gasteiger partial charge in [-0.25, -0.2) is 9.67 Å². The van der Waals surface area contributed by atoms with Crippen LogP contribution < -0.4 is 5.73 Å². The number of hydrogen-bond donors (Lipinski definition) is 1. The number of nitrogens with two attached hydrogens (primary N) is 1. The third-order valence-electron chi connectivity index (χ3n) is 1.97. The number of nitrogens with zero attached hydrogens (tertiary/aromatic N) is 3. The third-order valence-corrected chi connectivity index (χ3v) is 1.97. The lowest BCUT2D eigenvalue weighted by Gasteiger charge is -2.18. The van der Waals surface area contributed by atoms with Gasteiger partial charge in [0.2, 0.25) is 5.95 Å². The molecule has 1 aliphatic rings. The first-order valence-electron chi connectivity index (χ1n) is 4.30. The van der Waals surface area contributed by atoms with E-state index in [1.54, 1.807) is 17.3 Å². The quantitative estimate of drug-likeness (QED) is 0.721. The van der Waals surface area contributed by atoms with Crippen LogP contribution in [0.15, 0.2) is 18.7 Å². The number of aromatic nitrogens is 3. The van der Waals surface area contributed by atoms with Crippen molar-refractivity contribution >= 4 is 5.95 Å². The van der Waals surface area contributed by atoms with Gasteiger partial charge in [0, 0.05) is 0 Å². The lowest BCUT2D eigenvalue weighted by atomic mass is 10.1. The van der Waals surface area contributed by atoms with Gasteiger partial charge in [-0.1, -0.05) is 0 Å². The second kappa shape index (κ2) is 3.47. The van der Waals surface area contributed by atoms with Crippen molar-refractivity contribution in [1.82, 2.24) is 14.8 Å². The van der Waals surface area contributed by atoms with Crippen molar-refractivity contribution in [2.24, 2.45) is 0 Å². The Kier molecular flexibility index (Phi) is 2.16. The fourth-order valence-corrected chi connectivity index (χ4v) is 1.32. The first-order valence-corrected chi connectivity index (χ1v) is 4.30. The van der Waals surface area contributed by atoms with Crippen LogP contribution >= 0.6 is 0 Å². The van der Waals surface area contributed by atoms with E-state index in [9.17, 15) is 0 Å². The van der Waals surface area contributed by atoms with E-state index >= 15 is 0 Å². The van der Waals surface area contributed by atoms with Crippen LogP contribution in [0.5, 0.6) is 0 Å². The van der Waals surface area contributed by atoms with Crippen molar-refractivity contribution in [3.63, 3.8) is 0 Å². The number of hydrogen-bond acceptors (Lipinski definition) is 4. The molecule has 0 aliphatic carbocycles. The van der Waals surface area contributed by atoms with Crippen molar-refractivity contribution in [1.29, 1.82) is 0 Å². The molecule has 1 aromatic rings. The minimum Gasteiger partial charge on any atom is -0.496 e. The van der Waals surface area contributed by atoms with Crippen LogP contribution in [0.25, 0.3) is 0 Å². The molecule has 2 heterocycles. The topological polar surface area (TPSA) is 66.0 Å². The molecule has 0 amide bonds. The van der Waals surface area contributed by atoms with Crippen molar-refractivity contribution in [2.45, 2.75) is 25.5 Å². The third kappa shape index (κ3) is 1.99. The molecule has 2 N–H and O–H groups in total. The summed E-state index contributed by atoms with van der Waals surface area (Å²) >= 11 is 0. The van der Waals surface area contributed by atoms with Crippen molar-refractivity contribution in [2.75, 3.05) is 5.73 Å². The Morgan fingerprint density at radius 1 is 1.69 bits per heavy atom. The summed E-state index contributed by atoms with van der Waals surface area (Å²) in [5.74, 6) is 0.311. The molecule has 0 aromatic carbocycles. The fraction of sp³-hybridized carbons (Fsp3) is 0.500. The zero-order chi connectivity index (χ0) is 9.10. The summed E-state index contributed by atoms with van der Waals surface area (Å²) in [5.41, 5.74) is 5.39. The second-order valence-corrected chi connectivity index (χ2v) is 3.03. The molecule has 5 heteroatoms. The molecule has 0 radical (unpaired) electrons. The highest BCUT2D eigenvalue weighted by atomic mass is 16.5. The van der Waals surface area contributed by atoms with Gasteiger partial charge < -0.3 is 10.5 Å². The minimum atomic E-state index is 0.200. The van der Waals surface area contributed by atoms with Gasteiger partial charge in [-0.05, 0) is 18.9 Å². The highest BCUT2D eigenvalue weighted by Gasteiger charge is 2.12. The summed E-state index contributed by atoms with van der Waals surface area (Å²) in [6, 6.07) is 0. The van der Waals surface area contributed by atoms with Gasteiger partial charge in [-0.2, -0.15) is 0 Å². The maximum Gasteiger partial charge on any atom is 0.239 e. The molecule has 1 unspecified atom stereocenters. The zero-order valence-corrected chi connectivity index (χ0v) is 7.26. The predicted molar refractivity (Wildman–Crippen MR) is 47.7 cm³/mol. The van der Waals surface area contributed by atoms with Gasteiger partial charge in [0.1, 0.15) is 12.4 Å². The number of allylic oxidation sites excluding steroid dienone is 1. The van der Waals surface area contributed by atoms with E-state index in [2.05, 4.69) is 10.1 Å². The summed E-state index contributed by atoms with van der Waals surface area (Å²) in [4.78, 5) is 3.84. The Hall–Kier alpha value is -1.52. The maximum atomic E-state index is 5.39. The average Bonchev–Trinajstić information content (AvgIpc) is 2.53. The average molecular weight is 180 g/mol. The summed E-state index contributed by atoms with van der Waals surface area (Å²) in [6.07, 6.45) is 7.68. The molecule has 13 heavy (non-hydrogen) atoms. The van der Waals surface area contributed by atoms with E-state index in [0.29, 0.717) is 12.5 Å². The Bertz CT molecular complexity index is 307. The molecule has 5 nitrogen and oxygen atoms in total. The molecule has 0 saturated heterocycles. The molecular weight excluding hydrogens is 168 g/mol. The number of anilines is 1. The fourth-order valence-electron chi connectivity index (χ4n) is 1.32. The van der Waals surface area contributed by atoms with Crippen LogP contribution in [0, 0.1) is 0 Å². The molecule has 0 spiro atoms. The first kappa shape index (κ1) is 8.10. The smallest absolute Gasteiger partial charge is 0.239 e. The molecule has 1 aromatic heterocycles. The lowest BCUT2D eigenvalue weighted by molar-refractivity contribution is 0.104. The van der Waals surface area contributed by atoms with Crippen LogP contribution in [0.3, 0.4) is 0 Å². The molecular formula is C8H12N4O. The molecule has 0 saturated carbocycles. The van der Waals surface area contributed by atoms with Crippen LogP contribution in [0.4, 0.5) is 5.95 Å². The summed E-state index contributed by atoms with van der Waals surface area (Å²) in [5, 5.41) is 3.98. The standard InChI is InChI=1S/C8H12N4O/c9-8-10-6-12(11-8)5-7-3-1-2-4-13-7/h2,4,6-7H,1,3,5H2,(H2,9,11). The summed E-state index contributed by atoms with van der Waals surface area (Å²) in [6.45, 7) is 0.717. The normalized spacial score (nSPS) is 21.4. The van der Waals surface area contributed by atoms with Crippen LogP contribution in [0.2, 0.25) is 0 Å². The lowest BCUT2D eigenvalue weighted by Crippen LogP contribution is -2.20. The van der Waals surface area contributed by atoms with E-state index in [-0.39, 0.29) is 6.10 Å². The van der Waals surface area contributed by atoms with E-state index in [1.807, 2.05) is 6.08 Å². The summed E-state index contributed by atoms with van der Waals surface area (Å²) in [7, 11) is 0. The van der Waals surface area contributed by atoms with E-state index < -0.39 is 0 Å². The van der Waals surface area contributed by atoms with Crippen molar-refractivity contribution in [3.8, 4) is 0 Å². The molecule has 0 fully saturated rings. The van der Waals surface area contributed by atoms with E-state index in [0.717, 1.165) is 12.8 Å². The van der Waals surface area contributed by atoms with Gasteiger partial charge in [0.25, 0.3) is 0 Å². The Morgan fingerprint density at radius 2 is 2.62 bits per heavy atom. The molecule has 70 valence electrons. The van der Waals surface area contributed by atoms with Gasteiger partial charge in [-0.15, -0.1) is 5.10 Å². The van der Waals surface area contributed by atoms with Crippen LogP contribution in [-0.2, 0) is 11.3 Å². The zero-order valence-electron chi connectivity index (χ0n) is 7.26. The Labute approximate surface area is 76.2 Å². The van der Waals surface area contributed by atoms with Crippen molar-refractivity contribution in [3.05, 3.63) is 18.7 Å². The van der Waals surface area contributed by atoms with Crippen LogP contribution in [0.1, 0.15) is 12.8 Å². The molecule has 0 bridgehead atoms. The van der Waals surface area contributed by atoms with Gasteiger partial charge in [-0.3, -0.25) is 0 Å². The highest BCUT2D eigenvalue weighted by Crippen LogP contribution is 2.11. The molecule has 1 atom stereocenters. The van der Waals surface area contributed by atoms with E-state index in [1.165, 1.54) is 0 Å². The number of ether oxygens (including phenoxy) is 1. The van der Waals surface area contributed by atoms with Gasteiger partial charge in [0.15, 0.2) is 0 Å². The van der Waals surface area contributed by atoms with E-state index in [4.69, 9.17) is 10.5 Å². The second-order valence-electron chi connectivity index (χ2n) is 3.03. The molecule has 1 aliphatic heterocycles. The minimum absolute atomic E-state index is 0.200. The SMILES string of the molecule is Nc1ncn(CC2CCC=CO2)n1. The summed E-state index contributed by atoms with van der Waals surface area (Å²) < 4.78 is 7.09. The van der Waals surface area contributed by atoms with Gasteiger partial charge >= 0.3 is 0 Å². The maximum absolute atomic E-state index is 5.39. The van der Waals surface area contributed by atoms with Crippen LogP contribution in [-0.4, -0.2) is 20.9 Å². The van der Waals surface area contributed by atoms with Gasteiger partial charge in [0.05, 0.1) is 12.8 Å². The van der Waals surface area contributed by atoms with Crippen molar-refractivity contribution < 1.29 is 4.74 Å². The predicted octanol–water partition coefficient (Wildman–Crippen LogP) is 0.553. The number of nitrogen functional groups attached to an aromatic ring is 1. The molecule has 2 rings (SSSR count).